The van der Waals surface area contributed by atoms with Crippen molar-refractivity contribution in [2.75, 3.05) is 62.1 Å². The molecular weight excluding hydrogens is 466 g/mol. The molecule has 2 rings (SSSR count). The first-order valence-electron chi connectivity index (χ1n) is 10.7. The Morgan fingerprint density at radius 3 is 2.35 bits per heavy atom. The first-order valence-corrected chi connectivity index (χ1v) is 11.5. The van der Waals surface area contributed by atoms with E-state index >= 15 is 0 Å². The first kappa shape index (κ1) is 27.1. The van der Waals surface area contributed by atoms with Crippen LogP contribution in [0.15, 0.2) is 24.4 Å². The van der Waals surface area contributed by atoms with Gasteiger partial charge in [-0.3, -0.25) is 25.0 Å². The topological polar surface area (TPSA) is 154 Å². The molecule has 0 fully saturated rings. The van der Waals surface area contributed by atoms with Crippen LogP contribution in [0.2, 0.25) is 0 Å². The number of thiazole rings is 1. The molecule has 13 heteroatoms. The van der Waals surface area contributed by atoms with Crippen LogP contribution < -0.4 is 16.0 Å². The van der Waals surface area contributed by atoms with Crippen LogP contribution in [0, 0.1) is 10.1 Å². The summed E-state index contributed by atoms with van der Waals surface area (Å²) in [4.78, 5) is 38.3. The zero-order valence-corrected chi connectivity index (χ0v) is 19.9. The van der Waals surface area contributed by atoms with Gasteiger partial charge < -0.3 is 24.8 Å². The van der Waals surface area contributed by atoms with Gasteiger partial charge in [-0.1, -0.05) is 6.92 Å². The van der Waals surface area contributed by atoms with E-state index in [1.54, 1.807) is 18.2 Å². The molecule has 12 nitrogen and oxygen atoms in total. The van der Waals surface area contributed by atoms with Crippen LogP contribution in [0.25, 0.3) is 0 Å². The van der Waals surface area contributed by atoms with E-state index < -0.39 is 10.8 Å². The molecule has 1 aromatic heterocycles. The van der Waals surface area contributed by atoms with E-state index in [1.165, 1.54) is 6.92 Å². The normalized spacial score (nSPS) is 10.6. The van der Waals surface area contributed by atoms with Crippen molar-refractivity contribution < 1.29 is 28.7 Å². The van der Waals surface area contributed by atoms with Crippen LogP contribution in [-0.4, -0.2) is 67.9 Å². The third-order valence-electron chi connectivity index (χ3n) is 4.14. The van der Waals surface area contributed by atoms with Crippen LogP contribution in [0.3, 0.4) is 0 Å². The highest BCUT2D eigenvalue weighted by atomic mass is 32.1. The molecule has 0 spiro atoms. The summed E-state index contributed by atoms with van der Waals surface area (Å²) in [5.74, 6) is -0.900. The molecule has 0 aliphatic rings. The van der Waals surface area contributed by atoms with E-state index in [-0.39, 0.29) is 21.6 Å². The second kappa shape index (κ2) is 14.9. The zero-order chi connectivity index (χ0) is 24.8. The number of ether oxygens (including phenoxy) is 3. The molecule has 186 valence electrons. The summed E-state index contributed by atoms with van der Waals surface area (Å²) in [6.07, 6.45) is 2.05. The lowest BCUT2D eigenvalue weighted by Gasteiger charge is -2.13. The fourth-order valence-corrected chi connectivity index (χ4v) is 3.30. The van der Waals surface area contributed by atoms with Gasteiger partial charge in [-0.2, -0.15) is 0 Å². The van der Waals surface area contributed by atoms with E-state index in [2.05, 4.69) is 27.9 Å². The van der Waals surface area contributed by atoms with Crippen molar-refractivity contribution in [3.63, 3.8) is 0 Å². The summed E-state index contributed by atoms with van der Waals surface area (Å²) in [6.45, 7) is 7.11. The number of amides is 2. The van der Waals surface area contributed by atoms with Gasteiger partial charge in [-0.15, -0.1) is 0 Å². The van der Waals surface area contributed by atoms with Gasteiger partial charge in [-0.25, -0.2) is 4.98 Å². The van der Waals surface area contributed by atoms with Gasteiger partial charge in [0.1, 0.15) is 6.20 Å². The minimum atomic E-state index is -0.586. The minimum Gasteiger partial charge on any atom is -0.383 e. The summed E-state index contributed by atoms with van der Waals surface area (Å²) in [5.41, 5.74) is 1.16. The molecule has 0 radical (unpaired) electrons. The Balaban J connectivity index is 1.82. The lowest BCUT2D eigenvalue weighted by atomic mass is 10.1. The van der Waals surface area contributed by atoms with Crippen LogP contribution in [0.1, 0.15) is 30.6 Å². The van der Waals surface area contributed by atoms with Gasteiger partial charge in [0.15, 0.2) is 5.13 Å². The molecular formula is C21H29N5O7S. The predicted octanol–water partition coefficient (Wildman–Crippen LogP) is 3.13. The maximum absolute atomic E-state index is 12.6. The lowest BCUT2D eigenvalue weighted by Crippen LogP contribution is -2.17. The summed E-state index contributed by atoms with van der Waals surface area (Å²) in [7, 11) is 0. The standard InChI is InChI=1S/C21H29N5O7S/c1-3-7-31-9-11-33-12-10-32-8-6-22-16-4-5-17(18(13-16)24-15(2)27)20(28)25-21-23-14-19(34-21)26(29)30/h4-5,13-14,22H,3,6-12H2,1-2H3,(H,24,27)(H,23,25,28). The molecule has 0 aliphatic heterocycles. The van der Waals surface area contributed by atoms with Crippen LogP contribution in [0.4, 0.5) is 21.5 Å². The lowest BCUT2D eigenvalue weighted by molar-refractivity contribution is -0.380. The van der Waals surface area contributed by atoms with Crippen molar-refractivity contribution in [2.45, 2.75) is 20.3 Å². The van der Waals surface area contributed by atoms with Gasteiger partial charge in [-0.05, 0) is 36.0 Å². The van der Waals surface area contributed by atoms with Crippen molar-refractivity contribution in [2.24, 2.45) is 0 Å². The first-order chi connectivity index (χ1) is 16.4. The van der Waals surface area contributed by atoms with Gasteiger partial charge in [0.2, 0.25) is 5.91 Å². The number of aromatic nitrogens is 1. The number of anilines is 3. The third-order valence-corrected chi connectivity index (χ3v) is 5.00. The molecule has 0 unspecified atom stereocenters. The Morgan fingerprint density at radius 2 is 1.74 bits per heavy atom. The van der Waals surface area contributed by atoms with Crippen LogP contribution in [-0.2, 0) is 19.0 Å². The number of carbonyl (C=O) groups excluding carboxylic acids is 2. The fourth-order valence-electron chi connectivity index (χ4n) is 2.67. The molecule has 0 aliphatic carbocycles. The molecule has 2 amide bonds. The summed E-state index contributed by atoms with van der Waals surface area (Å²) in [5, 5.41) is 19.0. The number of benzene rings is 1. The Hall–Kier alpha value is -3.13. The number of hydrogen-bond donors (Lipinski definition) is 3. The molecule has 0 saturated carbocycles. The number of rotatable bonds is 16. The van der Waals surface area contributed by atoms with Crippen molar-refractivity contribution in [1.29, 1.82) is 0 Å². The van der Waals surface area contributed by atoms with Crippen LogP contribution >= 0.6 is 11.3 Å². The largest absolute Gasteiger partial charge is 0.383 e. The number of nitro groups is 1. The quantitative estimate of drug-likeness (QED) is 0.181. The summed E-state index contributed by atoms with van der Waals surface area (Å²) >= 11 is 0.741. The molecule has 0 saturated heterocycles. The van der Waals surface area contributed by atoms with Gasteiger partial charge in [0.05, 0.1) is 49.2 Å². The van der Waals surface area contributed by atoms with E-state index in [0.717, 1.165) is 30.6 Å². The summed E-state index contributed by atoms with van der Waals surface area (Å²) < 4.78 is 16.2. The number of nitrogens with one attached hydrogen (secondary N) is 3. The molecule has 2 aromatic rings. The molecule has 0 bridgehead atoms. The smallest absolute Gasteiger partial charge is 0.345 e. The highest BCUT2D eigenvalue weighted by Gasteiger charge is 2.17. The zero-order valence-electron chi connectivity index (χ0n) is 19.1. The Labute approximate surface area is 201 Å². The van der Waals surface area contributed by atoms with Crippen molar-refractivity contribution >= 4 is 44.7 Å². The van der Waals surface area contributed by atoms with Crippen molar-refractivity contribution in [3.8, 4) is 0 Å². The number of nitrogens with zero attached hydrogens (tertiary/aromatic N) is 2. The molecule has 1 aromatic carbocycles. The maximum atomic E-state index is 12.6. The number of carbonyl (C=O) groups is 2. The Kier molecular flexibility index (Phi) is 11.9. The monoisotopic (exact) mass is 495 g/mol. The molecule has 1 heterocycles. The van der Waals surface area contributed by atoms with E-state index in [4.69, 9.17) is 14.2 Å². The van der Waals surface area contributed by atoms with E-state index in [0.29, 0.717) is 51.0 Å². The predicted molar refractivity (Wildman–Crippen MR) is 129 cm³/mol. The van der Waals surface area contributed by atoms with E-state index in [1.807, 2.05) is 0 Å². The summed E-state index contributed by atoms with van der Waals surface area (Å²) in [6, 6.07) is 4.85. The third kappa shape index (κ3) is 9.79. The second-order valence-corrected chi connectivity index (χ2v) is 7.93. The molecule has 3 N–H and O–H groups in total. The maximum Gasteiger partial charge on any atom is 0.345 e. The fraction of sp³-hybridized carbons (Fsp3) is 0.476. The molecule has 0 atom stereocenters. The second-order valence-electron chi connectivity index (χ2n) is 6.92. The SMILES string of the molecule is CCCOCCOCCOCCNc1ccc(C(=O)Nc2ncc([N+](=O)[O-])s2)c(NC(C)=O)c1. The average Bonchev–Trinajstić information content (AvgIpc) is 3.26. The Morgan fingerprint density at radius 1 is 1.06 bits per heavy atom. The van der Waals surface area contributed by atoms with Crippen molar-refractivity contribution in [1.82, 2.24) is 4.98 Å². The Bertz CT molecular complexity index is 953. The average molecular weight is 496 g/mol. The van der Waals surface area contributed by atoms with Gasteiger partial charge in [0.25, 0.3) is 5.91 Å². The minimum absolute atomic E-state index is 0.0855. The number of hydrogen-bond acceptors (Lipinski definition) is 10. The van der Waals surface area contributed by atoms with Gasteiger partial charge in [0, 0.05) is 25.8 Å². The molecule has 34 heavy (non-hydrogen) atoms. The highest BCUT2D eigenvalue weighted by Crippen LogP contribution is 2.27. The highest BCUT2D eigenvalue weighted by molar-refractivity contribution is 7.18. The van der Waals surface area contributed by atoms with Gasteiger partial charge >= 0.3 is 5.00 Å². The van der Waals surface area contributed by atoms with E-state index in [9.17, 15) is 19.7 Å². The van der Waals surface area contributed by atoms with Crippen LogP contribution in [0.5, 0.6) is 0 Å². The van der Waals surface area contributed by atoms with Crippen molar-refractivity contribution in [3.05, 3.63) is 40.1 Å².